The monoisotopic (exact) mass is 430 g/mol. The van der Waals surface area contributed by atoms with Gasteiger partial charge in [0.25, 0.3) is 5.91 Å². The second kappa shape index (κ2) is 7.50. The van der Waals surface area contributed by atoms with Crippen molar-refractivity contribution in [2.75, 3.05) is 5.01 Å². The lowest BCUT2D eigenvalue weighted by Gasteiger charge is -2.10. The van der Waals surface area contributed by atoms with Crippen molar-refractivity contribution in [3.05, 3.63) is 82.6 Å². The summed E-state index contributed by atoms with van der Waals surface area (Å²) in [5, 5.41) is 5.19. The Balaban J connectivity index is 1.63. The van der Waals surface area contributed by atoms with E-state index in [1.165, 1.54) is 29.3 Å². The lowest BCUT2D eigenvalue weighted by atomic mass is 10.1. The zero-order valence-corrected chi connectivity index (χ0v) is 16.3. The van der Waals surface area contributed by atoms with E-state index in [1.54, 1.807) is 37.3 Å². The van der Waals surface area contributed by atoms with Crippen LogP contribution in [0.2, 0.25) is 5.02 Å². The van der Waals surface area contributed by atoms with Crippen molar-refractivity contribution in [1.29, 1.82) is 0 Å². The third-order valence-electron chi connectivity index (χ3n) is 4.53. The van der Waals surface area contributed by atoms with E-state index in [1.807, 2.05) is 6.07 Å². The average molecular weight is 431 g/mol. The van der Waals surface area contributed by atoms with Crippen LogP contribution in [-0.2, 0) is 11.0 Å². The highest BCUT2D eigenvalue weighted by atomic mass is 35.5. The highest BCUT2D eigenvalue weighted by Crippen LogP contribution is 2.37. The molecule has 0 bridgehead atoms. The Morgan fingerprint density at radius 3 is 2.50 bits per heavy atom. The predicted octanol–water partition coefficient (Wildman–Crippen LogP) is 6.42. The number of para-hydroxylation sites is 1. The first-order valence-electron chi connectivity index (χ1n) is 8.88. The van der Waals surface area contributed by atoms with Gasteiger partial charge in [0.15, 0.2) is 0 Å². The molecule has 0 fully saturated rings. The van der Waals surface area contributed by atoms with Gasteiger partial charge in [-0.1, -0.05) is 29.8 Å². The van der Waals surface area contributed by atoms with Gasteiger partial charge < -0.3 is 4.42 Å². The highest BCUT2D eigenvalue weighted by molar-refractivity contribution is 6.32. The highest BCUT2D eigenvalue weighted by Gasteiger charge is 2.33. The van der Waals surface area contributed by atoms with E-state index in [2.05, 4.69) is 5.10 Å². The average Bonchev–Trinajstić information content (AvgIpc) is 3.28. The maximum atomic E-state index is 13.1. The molecule has 0 atom stereocenters. The molecule has 4 nitrogen and oxygen atoms in total. The molecule has 3 aromatic rings. The number of furan rings is 1. The fraction of sp³-hybridized carbons (Fsp3) is 0.0909. The minimum atomic E-state index is -4.57. The number of hydrazone groups is 1. The molecule has 4 rings (SSSR count). The Morgan fingerprint density at radius 2 is 1.80 bits per heavy atom. The summed E-state index contributed by atoms with van der Waals surface area (Å²) < 4.78 is 45.0. The fourth-order valence-electron chi connectivity index (χ4n) is 3.05. The molecular weight excluding hydrogens is 417 g/mol. The van der Waals surface area contributed by atoms with Gasteiger partial charge >= 0.3 is 6.18 Å². The standard InChI is InChI=1S/C22H14ClF3N2O2/c1-13-17(21(29)28(27-13)15-5-3-2-4-6-15)12-16-8-10-20(30-16)14-7-9-19(23)18(11-14)22(24,25)26/h2-12H,1H3/b17-12-. The number of nitrogens with zero attached hydrogens (tertiary/aromatic N) is 2. The second-order valence-corrected chi connectivity index (χ2v) is 7.00. The van der Waals surface area contributed by atoms with Crippen molar-refractivity contribution in [2.45, 2.75) is 13.1 Å². The van der Waals surface area contributed by atoms with Crippen LogP contribution in [0, 0.1) is 0 Å². The van der Waals surface area contributed by atoms with Crippen LogP contribution in [0.4, 0.5) is 18.9 Å². The molecule has 152 valence electrons. The number of alkyl halides is 3. The molecule has 1 amide bonds. The maximum absolute atomic E-state index is 13.1. The number of hydrogen-bond donors (Lipinski definition) is 0. The van der Waals surface area contributed by atoms with Crippen molar-refractivity contribution in [2.24, 2.45) is 5.10 Å². The van der Waals surface area contributed by atoms with E-state index >= 15 is 0 Å². The minimum Gasteiger partial charge on any atom is -0.457 e. The zero-order chi connectivity index (χ0) is 21.5. The van der Waals surface area contributed by atoms with Crippen LogP contribution in [0.5, 0.6) is 0 Å². The molecule has 1 aliphatic rings. The number of benzene rings is 2. The Bertz CT molecular complexity index is 1180. The lowest BCUT2D eigenvalue weighted by molar-refractivity contribution is -0.137. The number of hydrogen-bond acceptors (Lipinski definition) is 3. The SMILES string of the molecule is CC1=NN(c2ccccc2)C(=O)/C1=C\c1ccc(-c2ccc(Cl)c(C(F)(F)F)c2)o1. The van der Waals surface area contributed by atoms with Crippen LogP contribution in [0.25, 0.3) is 17.4 Å². The van der Waals surface area contributed by atoms with Crippen molar-refractivity contribution in [1.82, 2.24) is 0 Å². The van der Waals surface area contributed by atoms with E-state index in [4.69, 9.17) is 16.0 Å². The molecule has 0 saturated carbocycles. The summed E-state index contributed by atoms with van der Waals surface area (Å²) in [6.07, 6.45) is -3.05. The number of anilines is 1. The fourth-order valence-corrected chi connectivity index (χ4v) is 3.28. The molecule has 0 N–H and O–H groups in total. The summed E-state index contributed by atoms with van der Waals surface area (Å²) in [6.45, 7) is 1.70. The van der Waals surface area contributed by atoms with Crippen LogP contribution < -0.4 is 5.01 Å². The quantitative estimate of drug-likeness (QED) is 0.450. The van der Waals surface area contributed by atoms with E-state index < -0.39 is 11.7 Å². The number of carbonyl (C=O) groups excluding carboxylic acids is 1. The second-order valence-electron chi connectivity index (χ2n) is 6.59. The third-order valence-corrected chi connectivity index (χ3v) is 4.86. The van der Waals surface area contributed by atoms with E-state index in [0.29, 0.717) is 22.7 Å². The van der Waals surface area contributed by atoms with Crippen molar-refractivity contribution in [3.63, 3.8) is 0 Å². The third kappa shape index (κ3) is 3.76. The summed E-state index contributed by atoms with van der Waals surface area (Å²) in [5.41, 5.74) is 0.765. The first-order valence-corrected chi connectivity index (χ1v) is 9.25. The number of amides is 1. The van der Waals surface area contributed by atoms with Gasteiger partial charge in [-0.25, -0.2) is 0 Å². The number of halogens is 4. The van der Waals surface area contributed by atoms with Gasteiger partial charge in [0.05, 0.1) is 27.6 Å². The molecule has 1 aromatic heterocycles. The molecule has 0 radical (unpaired) electrons. The van der Waals surface area contributed by atoms with Gasteiger partial charge in [0.2, 0.25) is 0 Å². The molecule has 2 aromatic carbocycles. The van der Waals surface area contributed by atoms with Gasteiger partial charge in [0, 0.05) is 5.56 Å². The van der Waals surface area contributed by atoms with Gasteiger partial charge in [-0.3, -0.25) is 4.79 Å². The first-order chi connectivity index (χ1) is 14.2. The predicted molar refractivity (Wildman–Crippen MR) is 109 cm³/mol. The smallest absolute Gasteiger partial charge is 0.417 e. The van der Waals surface area contributed by atoms with Crippen LogP contribution in [-0.4, -0.2) is 11.6 Å². The molecule has 0 unspecified atom stereocenters. The summed E-state index contributed by atoms with van der Waals surface area (Å²) in [7, 11) is 0. The van der Waals surface area contributed by atoms with E-state index in [0.717, 1.165) is 6.07 Å². The molecular formula is C22H14ClF3N2O2. The first kappa shape index (κ1) is 20.0. The van der Waals surface area contributed by atoms with Crippen molar-refractivity contribution in [3.8, 4) is 11.3 Å². The lowest BCUT2D eigenvalue weighted by Crippen LogP contribution is -2.21. The van der Waals surface area contributed by atoms with Crippen LogP contribution in [0.3, 0.4) is 0 Å². The Morgan fingerprint density at radius 1 is 1.07 bits per heavy atom. The molecule has 0 aliphatic carbocycles. The largest absolute Gasteiger partial charge is 0.457 e. The molecule has 1 aliphatic heterocycles. The minimum absolute atomic E-state index is 0.226. The van der Waals surface area contributed by atoms with Crippen LogP contribution >= 0.6 is 11.6 Å². The van der Waals surface area contributed by atoms with Gasteiger partial charge in [0.1, 0.15) is 11.5 Å². The van der Waals surface area contributed by atoms with Crippen LogP contribution in [0.1, 0.15) is 18.2 Å². The van der Waals surface area contributed by atoms with Gasteiger partial charge in [-0.05, 0) is 55.5 Å². The number of rotatable bonds is 3. The maximum Gasteiger partial charge on any atom is 0.417 e. The Labute approximate surface area is 174 Å². The molecule has 0 spiro atoms. The van der Waals surface area contributed by atoms with E-state index in [9.17, 15) is 18.0 Å². The summed E-state index contributed by atoms with van der Waals surface area (Å²) >= 11 is 5.67. The molecule has 30 heavy (non-hydrogen) atoms. The van der Waals surface area contributed by atoms with Crippen molar-refractivity contribution < 1.29 is 22.4 Å². The Kier molecular flexibility index (Phi) is 4.99. The van der Waals surface area contributed by atoms with Gasteiger partial charge in [-0.2, -0.15) is 23.3 Å². The summed E-state index contributed by atoms with van der Waals surface area (Å²) in [5.74, 6) is 0.229. The zero-order valence-electron chi connectivity index (χ0n) is 15.6. The summed E-state index contributed by atoms with van der Waals surface area (Å²) in [6, 6.07) is 15.6. The topological polar surface area (TPSA) is 45.8 Å². The van der Waals surface area contributed by atoms with E-state index in [-0.39, 0.29) is 22.3 Å². The number of carbonyl (C=O) groups is 1. The molecule has 0 saturated heterocycles. The normalized spacial score (nSPS) is 15.8. The van der Waals surface area contributed by atoms with Crippen molar-refractivity contribution >= 4 is 35.0 Å². The van der Waals surface area contributed by atoms with Gasteiger partial charge in [-0.15, -0.1) is 0 Å². The summed E-state index contributed by atoms with van der Waals surface area (Å²) in [4.78, 5) is 12.8. The Hall–Kier alpha value is -3.32. The molecule has 2 heterocycles. The molecule has 8 heteroatoms. The van der Waals surface area contributed by atoms with Crippen LogP contribution in [0.15, 0.2) is 75.8 Å².